The summed E-state index contributed by atoms with van der Waals surface area (Å²) < 4.78 is 50.8. The van der Waals surface area contributed by atoms with Crippen LogP contribution in [-0.4, -0.2) is 42.1 Å². The summed E-state index contributed by atoms with van der Waals surface area (Å²) in [5.74, 6) is 0. The number of nitrogens with zero attached hydrogens (tertiary/aromatic N) is 3. The van der Waals surface area contributed by atoms with Crippen molar-refractivity contribution in [2.24, 2.45) is 0 Å². The molecule has 0 atom stereocenters. The molecule has 0 radical (unpaired) electrons. The molecular formula is C10H10ClF2N3O2S. The van der Waals surface area contributed by atoms with Gasteiger partial charge in [-0.3, -0.25) is 4.40 Å². The number of sulfonamides is 1. The molecule has 0 N–H and O–H groups in total. The summed E-state index contributed by atoms with van der Waals surface area (Å²) in [7, 11) is -3.06. The summed E-state index contributed by atoms with van der Waals surface area (Å²) in [6.45, 7) is -0.904. The Morgan fingerprint density at radius 1 is 1.47 bits per heavy atom. The first-order valence-electron chi connectivity index (χ1n) is 5.21. The van der Waals surface area contributed by atoms with Gasteiger partial charge in [0, 0.05) is 13.2 Å². The van der Waals surface area contributed by atoms with Crippen molar-refractivity contribution in [2.45, 2.75) is 11.5 Å². The SMILES string of the molecule is CN(CC(F)F)S(=O)(=O)c1c(Cl)nc2ccccn12. The molecule has 0 fully saturated rings. The van der Waals surface area contributed by atoms with Crippen LogP contribution in [0.2, 0.25) is 5.15 Å². The highest BCUT2D eigenvalue weighted by Gasteiger charge is 2.30. The van der Waals surface area contributed by atoms with Crippen LogP contribution in [-0.2, 0) is 10.0 Å². The third-order valence-corrected chi connectivity index (χ3v) is 4.72. The number of hydrogen-bond donors (Lipinski definition) is 0. The Kier molecular flexibility index (Phi) is 3.75. The fraction of sp³-hybridized carbons (Fsp3) is 0.300. The minimum atomic E-state index is -4.13. The Labute approximate surface area is 113 Å². The second-order valence-corrected chi connectivity index (χ2v) is 6.13. The second kappa shape index (κ2) is 5.03. The summed E-state index contributed by atoms with van der Waals surface area (Å²) in [6.07, 6.45) is -1.31. The lowest BCUT2D eigenvalue weighted by Crippen LogP contribution is -2.32. The molecule has 9 heteroatoms. The average molecular weight is 310 g/mol. The van der Waals surface area contributed by atoms with Gasteiger partial charge in [-0.25, -0.2) is 22.2 Å². The van der Waals surface area contributed by atoms with Crippen molar-refractivity contribution in [3.05, 3.63) is 29.5 Å². The highest BCUT2D eigenvalue weighted by Crippen LogP contribution is 2.25. The Balaban J connectivity index is 2.57. The van der Waals surface area contributed by atoms with E-state index in [1.807, 2.05) is 0 Å². The molecule has 104 valence electrons. The standard InChI is InChI=1S/C10H10ClF2N3O2S/c1-15(6-7(12)13)19(17,18)10-9(11)14-8-4-2-3-5-16(8)10/h2-5,7H,6H2,1H3. The van der Waals surface area contributed by atoms with E-state index in [9.17, 15) is 17.2 Å². The van der Waals surface area contributed by atoms with Gasteiger partial charge in [0.2, 0.25) is 0 Å². The van der Waals surface area contributed by atoms with E-state index in [1.54, 1.807) is 18.2 Å². The van der Waals surface area contributed by atoms with Gasteiger partial charge in [-0.1, -0.05) is 17.7 Å². The zero-order valence-corrected chi connectivity index (χ0v) is 11.4. The van der Waals surface area contributed by atoms with Crippen LogP contribution in [0.4, 0.5) is 8.78 Å². The lowest BCUT2D eigenvalue weighted by Gasteiger charge is -2.16. The Bertz CT molecular complexity index is 702. The highest BCUT2D eigenvalue weighted by atomic mass is 35.5. The van der Waals surface area contributed by atoms with E-state index in [0.29, 0.717) is 9.95 Å². The molecule has 19 heavy (non-hydrogen) atoms. The van der Waals surface area contributed by atoms with Gasteiger partial charge < -0.3 is 0 Å². The Morgan fingerprint density at radius 2 is 2.16 bits per heavy atom. The molecule has 2 aromatic rings. The molecule has 0 saturated heterocycles. The lowest BCUT2D eigenvalue weighted by molar-refractivity contribution is 0.126. The number of halogens is 3. The predicted molar refractivity (Wildman–Crippen MR) is 66.0 cm³/mol. The molecule has 2 heterocycles. The fourth-order valence-electron chi connectivity index (χ4n) is 1.62. The van der Waals surface area contributed by atoms with Gasteiger partial charge in [0.05, 0.1) is 6.54 Å². The molecule has 0 spiro atoms. The minimum absolute atomic E-state index is 0.243. The van der Waals surface area contributed by atoms with Crippen molar-refractivity contribution < 1.29 is 17.2 Å². The summed E-state index contributed by atoms with van der Waals surface area (Å²) in [5, 5.41) is -0.555. The molecular weight excluding hydrogens is 300 g/mol. The Morgan fingerprint density at radius 3 is 2.79 bits per heavy atom. The largest absolute Gasteiger partial charge is 0.288 e. The number of alkyl halides is 2. The van der Waals surface area contributed by atoms with Gasteiger partial charge in [-0.05, 0) is 12.1 Å². The fourth-order valence-corrected chi connectivity index (χ4v) is 3.35. The van der Waals surface area contributed by atoms with E-state index >= 15 is 0 Å². The third kappa shape index (κ3) is 2.56. The molecule has 2 aromatic heterocycles. The molecule has 0 aromatic carbocycles. The first-order chi connectivity index (χ1) is 8.84. The van der Waals surface area contributed by atoms with Crippen LogP contribution in [0.25, 0.3) is 5.65 Å². The van der Waals surface area contributed by atoms with Gasteiger partial charge >= 0.3 is 0 Å². The van der Waals surface area contributed by atoms with Gasteiger partial charge in [0.25, 0.3) is 16.4 Å². The van der Waals surface area contributed by atoms with Crippen molar-refractivity contribution in [3.63, 3.8) is 0 Å². The van der Waals surface area contributed by atoms with Crippen LogP contribution in [0.3, 0.4) is 0 Å². The zero-order chi connectivity index (χ0) is 14.2. The summed E-state index contributed by atoms with van der Waals surface area (Å²) in [4.78, 5) is 3.88. The van der Waals surface area contributed by atoms with Crippen LogP contribution >= 0.6 is 11.6 Å². The van der Waals surface area contributed by atoms with E-state index in [1.165, 1.54) is 10.6 Å². The van der Waals surface area contributed by atoms with Gasteiger partial charge in [-0.15, -0.1) is 0 Å². The van der Waals surface area contributed by atoms with Crippen molar-refractivity contribution in [2.75, 3.05) is 13.6 Å². The number of pyridine rings is 1. The zero-order valence-electron chi connectivity index (χ0n) is 9.79. The maximum Gasteiger partial charge on any atom is 0.262 e. The molecule has 5 nitrogen and oxygen atoms in total. The van der Waals surface area contributed by atoms with Crippen molar-refractivity contribution in [3.8, 4) is 0 Å². The number of imidazole rings is 1. The van der Waals surface area contributed by atoms with E-state index in [0.717, 1.165) is 7.05 Å². The second-order valence-electron chi connectivity index (χ2n) is 3.81. The smallest absolute Gasteiger partial charge is 0.262 e. The quantitative estimate of drug-likeness (QED) is 0.866. The van der Waals surface area contributed by atoms with E-state index in [2.05, 4.69) is 4.98 Å². The topological polar surface area (TPSA) is 54.7 Å². The van der Waals surface area contributed by atoms with E-state index in [-0.39, 0.29) is 10.2 Å². The highest BCUT2D eigenvalue weighted by molar-refractivity contribution is 7.89. The van der Waals surface area contributed by atoms with Crippen LogP contribution in [0.1, 0.15) is 0 Å². The number of rotatable bonds is 4. The Hall–Kier alpha value is -1.25. The van der Waals surface area contributed by atoms with Crippen LogP contribution in [0, 0.1) is 0 Å². The molecule has 0 aliphatic carbocycles. The average Bonchev–Trinajstić information content (AvgIpc) is 2.64. The molecule has 0 saturated carbocycles. The van der Waals surface area contributed by atoms with Gasteiger partial charge in [-0.2, -0.15) is 4.31 Å². The maximum absolute atomic E-state index is 12.3. The third-order valence-electron chi connectivity index (χ3n) is 2.50. The molecule has 0 amide bonds. The molecule has 0 bridgehead atoms. The first kappa shape index (κ1) is 14.2. The molecule has 0 aliphatic rings. The normalized spacial score (nSPS) is 12.7. The predicted octanol–water partition coefficient (Wildman–Crippen LogP) is 1.87. The maximum atomic E-state index is 12.3. The minimum Gasteiger partial charge on any atom is -0.288 e. The number of aromatic nitrogens is 2. The first-order valence-corrected chi connectivity index (χ1v) is 7.03. The summed E-state index contributed by atoms with van der Waals surface area (Å²) >= 11 is 5.81. The van der Waals surface area contributed by atoms with E-state index in [4.69, 9.17) is 11.6 Å². The van der Waals surface area contributed by atoms with E-state index < -0.39 is 23.0 Å². The van der Waals surface area contributed by atoms with Crippen LogP contribution in [0.5, 0.6) is 0 Å². The van der Waals surface area contributed by atoms with Crippen LogP contribution in [0.15, 0.2) is 29.4 Å². The van der Waals surface area contributed by atoms with Gasteiger partial charge in [0.1, 0.15) is 5.65 Å². The van der Waals surface area contributed by atoms with Crippen LogP contribution < -0.4 is 0 Å². The number of fused-ring (bicyclic) bond motifs is 1. The molecule has 0 unspecified atom stereocenters. The van der Waals surface area contributed by atoms with Crippen molar-refractivity contribution in [1.29, 1.82) is 0 Å². The number of hydrogen-bond acceptors (Lipinski definition) is 3. The summed E-state index contributed by atoms with van der Waals surface area (Å²) in [6, 6.07) is 4.83. The van der Waals surface area contributed by atoms with Crippen molar-refractivity contribution in [1.82, 2.24) is 13.7 Å². The molecule has 0 aliphatic heterocycles. The molecule has 2 rings (SSSR count). The van der Waals surface area contributed by atoms with Gasteiger partial charge in [0.15, 0.2) is 10.2 Å². The summed E-state index contributed by atoms with van der Waals surface area (Å²) in [5.41, 5.74) is 0.330. The monoisotopic (exact) mass is 309 g/mol. The van der Waals surface area contributed by atoms with Crippen molar-refractivity contribution >= 4 is 27.3 Å². The lowest BCUT2D eigenvalue weighted by atomic mass is 10.5.